The van der Waals surface area contributed by atoms with Gasteiger partial charge in [-0.2, -0.15) is 0 Å². The van der Waals surface area contributed by atoms with Crippen molar-refractivity contribution < 1.29 is 22.7 Å². The molecule has 33 heavy (non-hydrogen) atoms. The van der Waals surface area contributed by atoms with E-state index in [-0.39, 0.29) is 4.90 Å². The van der Waals surface area contributed by atoms with E-state index in [1.54, 1.807) is 24.3 Å². The van der Waals surface area contributed by atoms with Crippen molar-refractivity contribution in [2.75, 3.05) is 13.2 Å². The number of nitrogens with zero attached hydrogens (tertiary/aromatic N) is 1. The minimum absolute atomic E-state index is 0.00124. The van der Waals surface area contributed by atoms with Gasteiger partial charge in [0.05, 0.1) is 17.0 Å². The maximum absolute atomic E-state index is 13.6. The molecule has 1 aliphatic heterocycles. The molecule has 2 aromatic carbocycles. The van der Waals surface area contributed by atoms with Crippen LogP contribution in [0.15, 0.2) is 53.4 Å². The molecule has 1 N–H and O–H groups in total. The molecule has 0 aliphatic carbocycles. The van der Waals surface area contributed by atoms with Crippen molar-refractivity contribution in [1.29, 1.82) is 0 Å². The second kappa shape index (κ2) is 9.11. The van der Waals surface area contributed by atoms with E-state index < -0.39 is 21.5 Å². The zero-order chi connectivity index (χ0) is 23.6. The van der Waals surface area contributed by atoms with E-state index in [0.29, 0.717) is 48.3 Å². The fraction of sp³-hybridized carbons (Fsp3) is 0.360. The van der Waals surface area contributed by atoms with Gasteiger partial charge in [-0.05, 0) is 75.1 Å². The molecule has 1 saturated heterocycles. The first-order valence-electron chi connectivity index (χ1n) is 11.1. The normalized spacial score (nSPS) is 18.4. The van der Waals surface area contributed by atoms with E-state index in [1.165, 1.54) is 6.07 Å². The number of hydrogen-bond acceptors (Lipinski definition) is 6. The molecule has 1 aromatic heterocycles. The number of hydrogen-bond donors (Lipinski definition) is 1. The molecule has 8 heteroatoms. The third-order valence-corrected chi connectivity index (χ3v) is 7.31. The number of pyridine rings is 1. The first-order chi connectivity index (χ1) is 15.8. The number of carbonyl (C=O) groups is 1. The molecule has 1 fully saturated rings. The summed E-state index contributed by atoms with van der Waals surface area (Å²) in [6.07, 6.45) is 1.75. The Morgan fingerprint density at radius 1 is 1.18 bits per heavy atom. The lowest BCUT2D eigenvalue weighted by Crippen LogP contribution is -2.46. The maximum Gasteiger partial charge on any atom is 0.270 e. The summed E-state index contributed by atoms with van der Waals surface area (Å²) in [7, 11) is -4.18. The first-order valence-corrected chi connectivity index (χ1v) is 12.6. The summed E-state index contributed by atoms with van der Waals surface area (Å²) in [5.74, 6) is -0.194. The number of sulfonamides is 1. The Labute approximate surface area is 194 Å². The summed E-state index contributed by atoms with van der Waals surface area (Å²) in [6.45, 7) is 6.48. The summed E-state index contributed by atoms with van der Waals surface area (Å²) in [4.78, 5) is 18.0. The number of fused-ring (bicyclic) bond motifs is 1. The van der Waals surface area contributed by atoms with Crippen LogP contribution < -0.4 is 9.46 Å². The molecule has 1 unspecified atom stereocenters. The highest BCUT2D eigenvalue weighted by Crippen LogP contribution is 2.42. The molecular formula is C25H28N2O5S. The second-order valence-electron chi connectivity index (χ2n) is 8.11. The van der Waals surface area contributed by atoms with Gasteiger partial charge < -0.3 is 9.47 Å². The molecule has 0 spiro atoms. The van der Waals surface area contributed by atoms with Crippen LogP contribution >= 0.6 is 0 Å². The third kappa shape index (κ3) is 4.32. The van der Waals surface area contributed by atoms with E-state index in [0.717, 1.165) is 17.7 Å². The molecule has 1 amide bonds. The van der Waals surface area contributed by atoms with E-state index in [4.69, 9.17) is 9.47 Å². The minimum Gasteiger partial charge on any atom is -0.493 e. The number of ether oxygens (including phenoxy) is 2. The maximum atomic E-state index is 13.6. The number of benzene rings is 2. The fourth-order valence-corrected chi connectivity index (χ4v) is 5.51. The number of nitrogens with one attached hydrogen (secondary N) is 1. The Balaban J connectivity index is 1.77. The lowest BCUT2D eigenvalue weighted by atomic mass is 9.88. The molecule has 0 radical (unpaired) electrons. The summed E-state index contributed by atoms with van der Waals surface area (Å²) < 4.78 is 40.8. The molecule has 4 rings (SSSR count). The highest BCUT2D eigenvalue weighted by atomic mass is 32.2. The van der Waals surface area contributed by atoms with Gasteiger partial charge in [-0.25, -0.2) is 13.1 Å². The van der Waals surface area contributed by atoms with Gasteiger partial charge in [0, 0.05) is 23.3 Å². The lowest BCUT2D eigenvalue weighted by Gasteiger charge is -2.29. The topological polar surface area (TPSA) is 94.6 Å². The quantitative estimate of drug-likeness (QED) is 0.563. The van der Waals surface area contributed by atoms with Crippen molar-refractivity contribution in [2.24, 2.45) is 0 Å². The van der Waals surface area contributed by atoms with Gasteiger partial charge in [-0.3, -0.25) is 9.78 Å². The number of aromatic nitrogens is 1. The van der Waals surface area contributed by atoms with E-state index >= 15 is 0 Å². The minimum atomic E-state index is -4.18. The number of rotatable bonds is 7. The largest absolute Gasteiger partial charge is 0.493 e. The fourth-order valence-electron chi connectivity index (χ4n) is 4.27. The van der Waals surface area contributed by atoms with Gasteiger partial charge in [0.1, 0.15) is 5.75 Å². The number of aryl methyl sites for hydroxylation is 2. The molecule has 7 nitrogen and oxygen atoms in total. The van der Waals surface area contributed by atoms with Crippen LogP contribution in [0, 0.1) is 6.92 Å². The van der Waals surface area contributed by atoms with Gasteiger partial charge >= 0.3 is 0 Å². The lowest BCUT2D eigenvalue weighted by molar-refractivity contribution is -0.140. The molecular weight excluding hydrogens is 440 g/mol. The highest BCUT2D eigenvalue weighted by Gasteiger charge is 2.48. The monoisotopic (exact) mass is 468 g/mol. The van der Waals surface area contributed by atoms with Crippen molar-refractivity contribution in [3.63, 3.8) is 0 Å². The van der Waals surface area contributed by atoms with Crippen LogP contribution in [0.25, 0.3) is 10.9 Å². The zero-order valence-electron chi connectivity index (χ0n) is 19.1. The second-order valence-corrected chi connectivity index (χ2v) is 9.76. The molecule has 3 aromatic rings. The van der Waals surface area contributed by atoms with Crippen LogP contribution in [0.2, 0.25) is 0 Å². The zero-order valence-corrected chi connectivity index (χ0v) is 19.9. The molecule has 2 heterocycles. The van der Waals surface area contributed by atoms with Crippen molar-refractivity contribution >= 4 is 26.8 Å². The van der Waals surface area contributed by atoms with E-state index in [1.807, 2.05) is 39.0 Å². The standard InChI is InChI=1S/C25H28N2O5S/c1-4-18-11-13-22(31-5-2)20(16-18)25(14-7-15-32-25)24(28)27-33(29,30)23-9-6-8-21-19(23)12-10-17(3)26-21/h6,8-13,16H,4-5,7,14-15H2,1-3H3,(H,27,28). The van der Waals surface area contributed by atoms with Crippen LogP contribution in [-0.4, -0.2) is 32.5 Å². The van der Waals surface area contributed by atoms with Crippen molar-refractivity contribution in [1.82, 2.24) is 9.71 Å². The predicted molar refractivity (Wildman–Crippen MR) is 126 cm³/mol. The Morgan fingerprint density at radius 3 is 2.70 bits per heavy atom. The summed E-state index contributed by atoms with van der Waals surface area (Å²) in [5, 5.41) is 0.452. The smallest absolute Gasteiger partial charge is 0.270 e. The van der Waals surface area contributed by atoms with Crippen LogP contribution in [0.5, 0.6) is 5.75 Å². The van der Waals surface area contributed by atoms with Crippen molar-refractivity contribution in [2.45, 2.75) is 50.5 Å². The van der Waals surface area contributed by atoms with Crippen molar-refractivity contribution in [3.05, 3.63) is 65.4 Å². The highest BCUT2D eigenvalue weighted by molar-refractivity contribution is 7.90. The Kier molecular flexibility index (Phi) is 6.41. The van der Waals surface area contributed by atoms with Gasteiger partial charge in [0.25, 0.3) is 15.9 Å². The molecule has 174 valence electrons. The van der Waals surface area contributed by atoms with E-state index in [2.05, 4.69) is 9.71 Å². The Bertz CT molecular complexity index is 1300. The molecule has 1 atom stereocenters. The van der Waals surface area contributed by atoms with Gasteiger partial charge in [0.15, 0.2) is 5.60 Å². The van der Waals surface area contributed by atoms with Crippen LogP contribution in [0.4, 0.5) is 0 Å². The SMILES string of the molecule is CCOc1ccc(CC)cc1C1(C(=O)NS(=O)(=O)c2cccc3nc(C)ccc23)CCCO1. The van der Waals surface area contributed by atoms with Gasteiger partial charge in [-0.15, -0.1) is 0 Å². The molecule has 0 saturated carbocycles. The van der Waals surface area contributed by atoms with Crippen LogP contribution in [-0.2, 0) is 31.6 Å². The summed E-state index contributed by atoms with van der Waals surface area (Å²) in [6, 6.07) is 13.9. The Morgan fingerprint density at radius 2 is 2.00 bits per heavy atom. The summed E-state index contributed by atoms with van der Waals surface area (Å²) >= 11 is 0. The molecule has 0 bridgehead atoms. The van der Waals surface area contributed by atoms with Gasteiger partial charge in [-0.1, -0.05) is 19.1 Å². The van der Waals surface area contributed by atoms with Crippen LogP contribution in [0.3, 0.4) is 0 Å². The van der Waals surface area contributed by atoms with Crippen molar-refractivity contribution in [3.8, 4) is 5.75 Å². The number of amides is 1. The number of carbonyl (C=O) groups excluding carboxylic acids is 1. The summed E-state index contributed by atoms with van der Waals surface area (Å²) in [5.41, 5.74) is 1.45. The van der Waals surface area contributed by atoms with Crippen LogP contribution in [0.1, 0.15) is 43.5 Å². The average molecular weight is 469 g/mol. The average Bonchev–Trinajstić information content (AvgIpc) is 3.30. The first kappa shape index (κ1) is 23.2. The molecule has 1 aliphatic rings. The Hall–Kier alpha value is -2.97. The predicted octanol–water partition coefficient (Wildman–Crippen LogP) is 4.02. The van der Waals surface area contributed by atoms with E-state index in [9.17, 15) is 13.2 Å². The van der Waals surface area contributed by atoms with Gasteiger partial charge in [0.2, 0.25) is 0 Å². The third-order valence-electron chi connectivity index (χ3n) is 5.92.